The van der Waals surface area contributed by atoms with E-state index in [1.807, 2.05) is 0 Å². The van der Waals surface area contributed by atoms with Crippen molar-refractivity contribution in [2.75, 3.05) is 6.61 Å². The first kappa shape index (κ1) is 7.26. The third-order valence-electron chi connectivity index (χ3n) is 0.948. The van der Waals surface area contributed by atoms with Crippen LogP contribution in [0.2, 0.25) is 0 Å². The lowest BCUT2D eigenvalue weighted by molar-refractivity contribution is 0.255. The van der Waals surface area contributed by atoms with E-state index >= 15 is 0 Å². The summed E-state index contributed by atoms with van der Waals surface area (Å²) in [5.74, 6) is 2.52. The summed E-state index contributed by atoms with van der Waals surface area (Å²) in [7, 11) is 0. The maximum Gasteiger partial charge on any atom is 0.0502 e. The molecule has 0 saturated carbocycles. The molecule has 0 spiro atoms. The maximum absolute atomic E-state index is 8.49. The topological polar surface area (TPSA) is 20.2 Å². The zero-order chi connectivity index (χ0) is 6.41. The fraction of sp³-hybridized carbons (Fsp3) is 0.429. The van der Waals surface area contributed by atoms with E-state index in [1.54, 1.807) is 6.08 Å². The number of aliphatic hydroxyl groups excluding tert-OH is 1. The molecule has 0 aliphatic heterocycles. The van der Waals surface area contributed by atoms with E-state index in [0.717, 1.165) is 0 Å². The van der Waals surface area contributed by atoms with Gasteiger partial charge in [0.15, 0.2) is 0 Å². The predicted molar refractivity (Wildman–Crippen MR) is 34.2 cm³/mol. The summed E-state index contributed by atoms with van der Waals surface area (Å²) in [6, 6.07) is 0. The third kappa shape index (κ3) is 2.44. The van der Waals surface area contributed by atoms with E-state index in [-0.39, 0.29) is 12.5 Å². The summed E-state index contributed by atoms with van der Waals surface area (Å²) in [6.07, 6.45) is 7.22. The van der Waals surface area contributed by atoms with Crippen molar-refractivity contribution in [3.8, 4) is 12.3 Å². The summed E-state index contributed by atoms with van der Waals surface area (Å²) >= 11 is 0. The molecule has 0 saturated heterocycles. The molecule has 1 unspecified atom stereocenters. The standard InChI is InChI=1S/C7H10O/c1-3-5-7(4-2)6-8/h1,4,7-8H,2,5-6H2. The van der Waals surface area contributed by atoms with Crippen LogP contribution in [-0.2, 0) is 0 Å². The SMILES string of the molecule is C#CCC(C=C)CO. The zero-order valence-electron chi connectivity index (χ0n) is 4.80. The Morgan fingerprint density at radius 3 is 2.62 bits per heavy atom. The van der Waals surface area contributed by atoms with Crippen LogP contribution in [0.15, 0.2) is 12.7 Å². The molecule has 0 aliphatic carbocycles. The molecule has 8 heavy (non-hydrogen) atoms. The van der Waals surface area contributed by atoms with Gasteiger partial charge < -0.3 is 5.11 Å². The molecule has 0 aromatic rings. The Hall–Kier alpha value is -0.740. The van der Waals surface area contributed by atoms with Crippen molar-refractivity contribution >= 4 is 0 Å². The number of aliphatic hydroxyl groups is 1. The molecule has 0 bridgehead atoms. The highest BCUT2D eigenvalue weighted by atomic mass is 16.3. The molecule has 0 aromatic heterocycles. The summed E-state index contributed by atoms with van der Waals surface area (Å²) in [6.45, 7) is 3.60. The minimum atomic E-state index is 0.0833. The van der Waals surface area contributed by atoms with Gasteiger partial charge in [-0.2, -0.15) is 0 Å². The molecule has 0 aliphatic rings. The van der Waals surface area contributed by atoms with Crippen LogP contribution in [0.25, 0.3) is 0 Å². The second-order valence-electron chi connectivity index (χ2n) is 1.59. The fourth-order valence-corrected chi connectivity index (χ4v) is 0.374. The molecular weight excluding hydrogens is 100 g/mol. The van der Waals surface area contributed by atoms with Crippen LogP contribution in [0.4, 0.5) is 0 Å². The highest BCUT2D eigenvalue weighted by Gasteiger charge is 1.96. The van der Waals surface area contributed by atoms with Crippen LogP contribution in [0.5, 0.6) is 0 Å². The van der Waals surface area contributed by atoms with Gasteiger partial charge >= 0.3 is 0 Å². The normalized spacial score (nSPS) is 12.0. The molecule has 1 heteroatoms. The van der Waals surface area contributed by atoms with Crippen molar-refractivity contribution in [3.63, 3.8) is 0 Å². The van der Waals surface area contributed by atoms with Crippen molar-refractivity contribution in [2.45, 2.75) is 6.42 Å². The molecule has 44 valence electrons. The second-order valence-corrected chi connectivity index (χ2v) is 1.59. The molecule has 0 radical (unpaired) electrons. The Morgan fingerprint density at radius 2 is 2.50 bits per heavy atom. The summed E-state index contributed by atoms with van der Waals surface area (Å²) in [5.41, 5.74) is 0. The number of hydrogen-bond acceptors (Lipinski definition) is 1. The first-order chi connectivity index (χ1) is 3.85. The Bertz CT molecular complexity index is 99.4. The average molecular weight is 110 g/mol. The van der Waals surface area contributed by atoms with Crippen molar-refractivity contribution in [2.24, 2.45) is 5.92 Å². The molecule has 1 atom stereocenters. The van der Waals surface area contributed by atoms with Crippen molar-refractivity contribution in [3.05, 3.63) is 12.7 Å². The average Bonchev–Trinajstić information content (AvgIpc) is 1.83. The van der Waals surface area contributed by atoms with Crippen LogP contribution in [0, 0.1) is 18.3 Å². The Kier molecular flexibility index (Phi) is 4.01. The Labute approximate surface area is 50.0 Å². The van der Waals surface area contributed by atoms with Gasteiger partial charge in [-0.1, -0.05) is 6.08 Å². The van der Waals surface area contributed by atoms with E-state index in [1.165, 1.54) is 0 Å². The Balaban J connectivity index is 3.40. The van der Waals surface area contributed by atoms with Gasteiger partial charge in [0.25, 0.3) is 0 Å². The van der Waals surface area contributed by atoms with Crippen LogP contribution in [0.3, 0.4) is 0 Å². The molecule has 1 N–H and O–H groups in total. The summed E-state index contributed by atoms with van der Waals surface area (Å²) < 4.78 is 0. The lowest BCUT2D eigenvalue weighted by Crippen LogP contribution is -1.99. The minimum Gasteiger partial charge on any atom is -0.396 e. The van der Waals surface area contributed by atoms with E-state index in [4.69, 9.17) is 11.5 Å². The van der Waals surface area contributed by atoms with E-state index < -0.39 is 0 Å². The maximum atomic E-state index is 8.49. The predicted octanol–water partition coefficient (Wildman–Crippen LogP) is 0.804. The summed E-state index contributed by atoms with van der Waals surface area (Å²) in [5, 5.41) is 8.49. The third-order valence-corrected chi connectivity index (χ3v) is 0.948. The van der Waals surface area contributed by atoms with Crippen molar-refractivity contribution < 1.29 is 5.11 Å². The first-order valence-corrected chi connectivity index (χ1v) is 2.52. The van der Waals surface area contributed by atoms with Gasteiger partial charge in [-0.3, -0.25) is 0 Å². The van der Waals surface area contributed by atoms with Gasteiger partial charge in [0.1, 0.15) is 0 Å². The largest absolute Gasteiger partial charge is 0.396 e. The van der Waals surface area contributed by atoms with Gasteiger partial charge in [-0.25, -0.2) is 0 Å². The molecule has 0 aromatic carbocycles. The molecule has 1 nitrogen and oxygen atoms in total. The monoisotopic (exact) mass is 110 g/mol. The molecule has 0 fully saturated rings. The fourth-order valence-electron chi connectivity index (χ4n) is 0.374. The zero-order valence-corrected chi connectivity index (χ0v) is 4.80. The van der Waals surface area contributed by atoms with Crippen molar-refractivity contribution in [1.82, 2.24) is 0 Å². The van der Waals surface area contributed by atoms with Crippen LogP contribution < -0.4 is 0 Å². The lowest BCUT2D eigenvalue weighted by Gasteiger charge is -2.00. The van der Waals surface area contributed by atoms with Gasteiger partial charge in [0.2, 0.25) is 0 Å². The molecule has 0 amide bonds. The van der Waals surface area contributed by atoms with Gasteiger partial charge in [-0.15, -0.1) is 18.9 Å². The summed E-state index contributed by atoms with van der Waals surface area (Å²) in [4.78, 5) is 0. The first-order valence-electron chi connectivity index (χ1n) is 2.52. The Morgan fingerprint density at radius 1 is 1.88 bits per heavy atom. The highest BCUT2D eigenvalue weighted by molar-refractivity contribution is 4.92. The second kappa shape index (κ2) is 4.42. The highest BCUT2D eigenvalue weighted by Crippen LogP contribution is 1.99. The molecular formula is C7H10O. The van der Waals surface area contributed by atoms with Gasteiger partial charge in [-0.05, 0) is 0 Å². The van der Waals surface area contributed by atoms with Crippen LogP contribution in [0.1, 0.15) is 6.42 Å². The smallest absolute Gasteiger partial charge is 0.0502 e. The van der Waals surface area contributed by atoms with Gasteiger partial charge in [0, 0.05) is 12.3 Å². The number of rotatable bonds is 3. The van der Waals surface area contributed by atoms with Crippen LogP contribution >= 0.6 is 0 Å². The minimum absolute atomic E-state index is 0.0833. The quantitative estimate of drug-likeness (QED) is 0.421. The van der Waals surface area contributed by atoms with Gasteiger partial charge in [0.05, 0.1) is 6.61 Å². The lowest BCUT2D eigenvalue weighted by atomic mass is 10.1. The van der Waals surface area contributed by atoms with E-state index in [2.05, 4.69) is 12.5 Å². The molecule has 0 heterocycles. The van der Waals surface area contributed by atoms with Crippen molar-refractivity contribution in [1.29, 1.82) is 0 Å². The van der Waals surface area contributed by atoms with E-state index in [0.29, 0.717) is 6.42 Å². The number of hydrogen-bond donors (Lipinski definition) is 1. The number of terminal acetylenes is 1. The van der Waals surface area contributed by atoms with E-state index in [9.17, 15) is 0 Å². The van der Waals surface area contributed by atoms with Crippen LogP contribution in [-0.4, -0.2) is 11.7 Å². The molecule has 0 rings (SSSR count).